The average molecular weight is 755 g/mol. The minimum Gasteiger partial charge on any atom is -0.455 e. The maximum atomic E-state index is 15.1. The van der Waals surface area contributed by atoms with Gasteiger partial charge in [0.05, 0.1) is 35.3 Å². The third kappa shape index (κ3) is 6.24. The van der Waals surface area contributed by atoms with Gasteiger partial charge in [0, 0.05) is 17.4 Å². The molecule has 0 unspecified atom stereocenters. The van der Waals surface area contributed by atoms with Gasteiger partial charge in [-0.2, -0.15) is 0 Å². The molecule has 4 aliphatic rings. The normalized spacial score (nSPS) is 32.3. The highest BCUT2D eigenvalue weighted by molar-refractivity contribution is 9.11. The number of likely N-dealkylation sites (tertiary alicyclic amines) is 1. The van der Waals surface area contributed by atoms with Crippen molar-refractivity contribution in [3.05, 3.63) is 87.9 Å². The number of aliphatic hydroxyl groups is 1. The van der Waals surface area contributed by atoms with Crippen molar-refractivity contribution in [3.8, 4) is 0 Å². The molecule has 9 atom stereocenters. The Balaban J connectivity index is 1.52. The largest absolute Gasteiger partial charge is 0.455 e. The summed E-state index contributed by atoms with van der Waals surface area (Å²) in [4.78, 5) is 60.4. The van der Waals surface area contributed by atoms with Crippen LogP contribution in [-0.4, -0.2) is 76.7 Å². The number of halogens is 2. The molecule has 260 valence electrons. The molecule has 1 spiro atoms. The summed E-state index contributed by atoms with van der Waals surface area (Å²) in [6.45, 7) is 5.35. The molecule has 0 aliphatic carbocycles. The van der Waals surface area contributed by atoms with Gasteiger partial charge in [-0.3, -0.25) is 19.2 Å². The number of benzene rings is 2. The Morgan fingerprint density at radius 1 is 1.04 bits per heavy atom. The van der Waals surface area contributed by atoms with Crippen molar-refractivity contribution in [1.82, 2.24) is 10.2 Å². The lowest BCUT2D eigenvalue weighted by Crippen LogP contribution is -2.59. The van der Waals surface area contributed by atoms with E-state index in [1.54, 1.807) is 43.3 Å². The van der Waals surface area contributed by atoms with E-state index in [4.69, 9.17) is 21.1 Å². The fraction of sp³-hybridized carbons (Fsp3) is 0.459. The number of ether oxygens (including phenoxy) is 2. The van der Waals surface area contributed by atoms with E-state index in [0.717, 1.165) is 0 Å². The lowest BCUT2D eigenvalue weighted by Gasteiger charge is -2.40. The second kappa shape index (κ2) is 14.4. The Morgan fingerprint density at radius 3 is 2.45 bits per heavy atom. The van der Waals surface area contributed by atoms with E-state index >= 15 is 4.79 Å². The number of rotatable bonds is 6. The van der Waals surface area contributed by atoms with Crippen LogP contribution in [0.5, 0.6) is 0 Å². The average Bonchev–Trinajstić information content (AvgIpc) is 3.69. The second-order valence-corrected chi connectivity index (χ2v) is 14.6. The van der Waals surface area contributed by atoms with Gasteiger partial charge < -0.3 is 29.7 Å². The highest BCUT2D eigenvalue weighted by Crippen LogP contribution is 2.60. The van der Waals surface area contributed by atoms with Gasteiger partial charge in [-0.05, 0) is 43.0 Å². The van der Waals surface area contributed by atoms with Crippen molar-refractivity contribution in [3.63, 3.8) is 0 Å². The molecule has 4 heterocycles. The standard InChI is InChI=1S/C37H41BrClN3O7/c1-4-21(2)27(20-43)42-33-35(46)41(26-16-11-10-15-25(26)39)18-12-6-9-17-28(44)40-22(3)31(23-13-7-5-8-14-23)48-36(47)29-30(34(42)45)37(33)19-24(38)32(29)49-37/h5-8,10-16,19,21-22,27,29-33,43H,4,9,17-18,20H2,1-3H3,(H,40,44)/b12-6-/t21-,22-,27-,29+,30-,31+,32+,33+,37-/m0/s1. The molecule has 0 radical (unpaired) electrons. The van der Waals surface area contributed by atoms with E-state index in [9.17, 15) is 19.5 Å². The molecule has 4 aliphatic heterocycles. The number of carbonyl (C=O) groups is 4. The maximum Gasteiger partial charge on any atom is 0.313 e. The highest BCUT2D eigenvalue weighted by atomic mass is 79.9. The lowest BCUT2D eigenvalue weighted by atomic mass is 9.74. The highest BCUT2D eigenvalue weighted by Gasteiger charge is 2.75. The molecule has 2 fully saturated rings. The van der Waals surface area contributed by atoms with Crippen LogP contribution in [0.2, 0.25) is 5.02 Å². The Hall–Kier alpha value is -3.51. The number of aliphatic hydroxyl groups excluding tert-OH is 1. The van der Waals surface area contributed by atoms with E-state index in [-0.39, 0.29) is 24.8 Å². The summed E-state index contributed by atoms with van der Waals surface area (Å²) >= 11 is 10.3. The molecule has 3 amide bonds. The lowest BCUT2D eigenvalue weighted by molar-refractivity contribution is -0.162. The predicted molar refractivity (Wildman–Crippen MR) is 188 cm³/mol. The molecule has 5 bridgehead atoms. The monoisotopic (exact) mass is 753 g/mol. The first-order valence-corrected chi connectivity index (χ1v) is 18.0. The first-order chi connectivity index (χ1) is 23.5. The Morgan fingerprint density at radius 2 is 1.76 bits per heavy atom. The molecule has 2 N–H and O–H groups in total. The Kier molecular flexibility index (Phi) is 10.4. The van der Waals surface area contributed by atoms with Crippen molar-refractivity contribution in [1.29, 1.82) is 0 Å². The molecule has 2 saturated heterocycles. The van der Waals surface area contributed by atoms with Gasteiger partial charge in [-0.15, -0.1) is 0 Å². The fourth-order valence-electron chi connectivity index (χ4n) is 7.72. The quantitative estimate of drug-likeness (QED) is 0.311. The number of anilines is 1. The SMILES string of the molecule is CC[C@H](C)[C@H](CO)N1C(=O)[C@@H]2[C@H]3C(=O)O[C@@H](c4ccccc4)[C@H](C)NC(=O)CC/C=C\CN(c4ccccc4Cl)C(=O)[C@@H]1[C@]21C=C(Br)[C@H]3O1. The van der Waals surface area contributed by atoms with Crippen molar-refractivity contribution in [2.45, 2.75) is 76.0 Å². The molecule has 49 heavy (non-hydrogen) atoms. The van der Waals surface area contributed by atoms with Gasteiger partial charge >= 0.3 is 5.97 Å². The van der Waals surface area contributed by atoms with E-state index in [0.29, 0.717) is 33.6 Å². The minimum absolute atomic E-state index is 0.0862. The Labute approximate surface area is 299 Å². The van der Waals surface area contributed by atoms with Crippen LogP contribution >= 0.6 is 27.5 Å². The maximum absolute atomic E-state index is 15.1. The van der Waals surface area contributed by atoms with Gasteiger partial charge in [0.25, 0.3) is 5.91 Å². The van der Waals surface area contributed by atoms with Crippen LogP contribution in [0.25, 0.3) is 0 Å². The number of nitrogens with one attached hydrogen (secondary N) is 1. The third-order valence-electron chi connectivity index (χ3n) is 10.3. The number of cyclic esters (lactones) is 1. The van der Waals surface area contributed by atoms with E-state index < -0.39 is 72.2 Å². The van der Waals surface area contributed by atoms with Crippen LogP contribution in [0.3, 0.4) is 0 Å². The van der Waals surface area contributed by atoms with Crippen LogP contribution in [-0.2, 0) is 28.7 Å². The van der Waals surface area contributed by atoms with Gasteiger partial charge in [0.2, 0.25) is 11.8 Å². The van der Waals surface area contributed by atoms with Crippen molar-refractivity contribution in [2.24, 2.45) is 17.8 Å². The summed E-state index contributed by atoms with van der Waals surface area (Å²) in [7, 11) is 0. The van der Waals surface area contributed by atoms with E-state index in [1.807, 2.05) is 50.3 Å². The molecular weight excluding hydrogens is 714 g/mol. The molecule has 10 nitrogen and oxygen atoms in total. The van der Waals surface area contributed by atoms with Gasteiger partial charge in [-0.25, -0.2) is 0 Å². The summed E-state index contributed by atoms with van der Waals surface area (Å²) in [6, 6.07) is 13.5. The third-order valence-corrected chi connectivity index (χ3v) is 11.3. The summed E-state index contributed by atoms with van der Waals surface area (Å²) in [5, 5.41) is 14.1. The molecular formula is C37H41BrClN3O7. The zero-order chi connectivity index (χ0) is 35.0. The number of fused-ring (bicyclic) bond motifs is 2. The number of hydrogen-bond donors (Lipinski definition) is 2. The molecule has 0 aromatic heterocycles. The molecule has 6 rings (SSSR count). The van der Waals surface area contributed by atoms with Gasteiger partial charge in [0.1, 0.15) is 29.8 Å². The van der Waals surface area contributed by atoms with Crippen molar-refractivity contribution in [2.75, 3.05) is 18.1 Å². The van der Waals surface area contributed by atoms with Crippen LogP contribution < -0.4 is 10.2 Å². The number of para-hydroxylation sites is 1. The second-order valence-electron chi connectivity index (χ2n) is 13.2. The van der Waals surface area contributed by atoms with Crippen LogP contribution in [0.1, 0.15) is 51.7 Å². The number of esters is 1. The predicted octanol–water partition coefficient (Wildman–Crippen LogP) is 5.09. The Bertz CT molecular complexity index is 1670. The number of allylic oxidation sites excluding steroid dienone is 1. The topological polar surface area (TPSA) is 125 Å². The van der Waals surface area contributed by atoms with Crippen LogP contribution in [0, 0.1) is 17.8 Å². The zero-order valence-electron chi connectivity index (χ0n) is 27.6. The van der Waals surface area contributed by atoms with E-state index in [2.05, 4.69) is 21.2 Å². The first kappa shape index (κ1) is 35.3. The summed E-state index contributed by atoms with van der Waals surface area (Å²) in [5.41, 5.74) is -0.437. The van der Waals surface area contributed by atoms with Crippen molar-refractivity contribution < 1.29 is 33.8 Å². The number of hydrogen-bond acceptors (Lipinski definition) is 7. The van der Waals surface area contributed by atoms with Crippen LogP contribution in [0.15, 0.2) is 77.3 Å². The zero-order valence-corrected chi connectivity index (χ0v) is 30.0. The summed E-state index contributed by atoms with van der Waals surface area (Å²) in [6.07, 6.45) is 4.80. The van der Waals surface area contributed by atoms with Crippen molar-refractivity contribution >= 4 is 56.9 Å². The number of carbonyl (C=O) groups excluding carboxylic acids is 4. The van der Waals surface area contributed by atoms with Crippen LogP contribution in [0.4, 0.5) is 5.69 Å². The fourth-order valence-corrected chi connectivity index (χ4v) is 8.70. The van der Waals surface area contributed by atoms with Gasteiger partial charge in [-0.1, -0.05) is 102 Å². The number of nitrogens with zero attached hydrogens (tertiary/aromatic N) is 2. The number of amides is 3. The van der Waals surface area contributed by atoms with E-state index in [1.165, 1.54) is 9.80 Å². The molecule has 12 heteroatoms. The smallest absolute Gasteiger partial charge is 0.313 e. The van der Waals surface area contributed by atoms with Gasteiger partial charge in [0.15, 0.2) is 0 Å². The molecule has 2 aromatic rings. The molecule has 2 aromatic carbocycles. The first-order valence-electron chi connectivity index (χ1n) is 16.8. The summed E-state index contributed by atoms with van der Waals surface area (Å²) in [5.74, 6) is -4.26. The minimum atomic E-state index is -1.54. The summed E-state index contributed by atoms with van der Waals surface area (Å²) < 4.78 is 13.4. The molecule has 0 saturated carbocycles.